The highest BCUT2D eigenvalue weighted by Crippen LogP contribution is 2.29. The van der Waals surface area contributed by atoms with Crippen LogP contribution in [-0.2, 0) is 0 Å². The van der Waals surface area contributed by atoms with Gasteiger partial charge in [0.25, 0.3) is 0 Å². The van der Waals surface area contributed by atoms with Gasteiger partial charge in [-0.2, -0.15) is 0 Å². The van der Waals surface area contributed by atoms with Gasteiger partial charge in [-0.25, -0.2) is 0 Å². The highest BCUT2D eigenvalue weighted by molar-refractivity contribution is 5.69. The fourth-order valence-corrected chi connectivity index (χ4v) is 1.60. The lowest BCUT2D eigenvalue weighted by atomic mass is 10.0. The van der Waals surface area contributed by atoms with E-state index in [1.165, 1.54) is 5.56 Å². The van der Waals surface area contributed by atoms with Crippen LogP contribution in [0, 0.1) is 13.8 Å². The molecule has 0 spiro atoms. The molecule has 0 amide bonds. The third-order valence-electron chi connectivity index (χ3n) is 2.43. The number of aryl methyl sites for hydroxylation is 2. The highest BCUT2D eigenvalue weighted by Gasteiger charge is 2.07. The van der Waals surface area contributed by atoms with Crippen LogP contribution in [0.5, 0.6) is 5.75 Å². The molecular formula is C13H13NO. The van der Waals surface area contributed by atoms with E-state index in [9.17, 15) is 5.11 Å². The Labute approximate surface area is 89.2 Å². The van der Waals surface area contributed by atoms with Gasteiger partial charge in [-0.05, 0) is 37.6 Å². The molecule has 2 rings (SSSR count). The fourth-order valence-electron chi connectivity index (χ4n) is 1.60. The Morgan fingerprint density at radius 1 is 1.13 bits per heavy atom. The molecular weight excluding hydrogens is 186 g/mol. The first-order valence-corrected chi connectivity index (χ1v) is 4.90. The molecule has 0 aliphatic rings. The summed E-state index contributed by atoms with van der Waals surface area (Å²) in [6.07, 6.45) is 1.69. The summed E-state index contributed by atoms with van der Waals surface area (Å²) >= 11 is 0. The first kappa shape index (κ1) is 9.71. The summed E-state index contributed by atoms with van der Waals surface area (Å²) in [5.74, 6) is 0.228. The van der Waals surface area contributed by atoms with Crippen molar-refractivity contribution in [3.63, 3.8) is 0 Å². The van der Waals surface area contributed by atoms with Gasteiger partial charge >= 0.3 is 0 Å². The molecule has 2 aromatic rings. The average Bonchev–Trinajstić information content (AvgIpc) is 2.23. The van der Waals surface area contributed by atoms with Crippen LogP contribution < -0.4 is 0 Å². The number of rotatable bonds is 1. The van der Waals surface area contributed by atoms with Crippen molar-refractivity contribution in [3.8, 4) is 17.0 Å². The zero-order valence-electron chi connectivity index (χ0n) is 8.86. The molecule has 1 aromatic carbocycles. The quantitative estimate of drug-likeness (QED) is 0.765. The second kappa shape index (κ2) is 3.73. The van der Waals surface area contributed by atoms with Gasteiger partial charge in [0.2, 0.25) is 0 Å². The summed E-state index contributed by atoms with van der Waals surface area (Å²) < 4.78 is 0. The molecule has 0 fully saturated rings. The van der Waals surface area contributed by atoms with Crippen LogP contribution in [-0.4, -0.2) is 10.1 Å². The van der Waals surface area contributed by atoms with Crippen molar-refractivity contribution in [2.75, 3.05) is 0 Å². The maximum Gasteiger partial charge on any atom is 0.141 e. The van der Waals surface area contributed by atoms with Crippen LogP contribution in [0.15, 0.2) is 36.5 Å². The van der Waals surface area contributed by atoms with Crippen molar-refractivity contribution in [2.45, 2.75) is 13.8 Å². The van der Waals surface area contributed by atoms with E-state index in [4.69, 9.17) is 0 Å². The first-order chi connectivity index (χ1) is 7.18. The number of hydrogen-bond acceptors (Lipinski definition) is 2. The number of nitrogens with zero attached hydrogens (tertiary/aromatic N) is 1. The van der Waals surface area contributed by atoms with Gasteiger partial charge < -0.3 is 5.11 Å². The van der Waals surface area contributed by atoms with E-state index in [2.05, 4.69) is 11.1 Å². The van der Waals surface area contributed by atoms with Gasteiger partial charge in [-0.3, -0.25) is 4.98 Å². The zero-order chi connectivity index (χ0) is 10.8. The number of pyridine rings is 1. The van der Waals surface area contributed by atoms with Crippen LogP contribution >= 0.6 is 0 Å². The maximum atomic E-state index is 9.72. The molecule has 1 N–H and O–H groups in total. The highest BCUT2D eigenvalue weighted by atomic mass is 16.3. The van der Waals surface area contributed by atoms with E-state index < -0.39 is 0 Å². The Kier molecular flexibility index (Phi) is 2.42. The van der Waals surface area contributed by atoms with Crippen molar-refractivity contribution in [1.29, 1.82) is 0 Å². The summed E-state index contributed by atoms with van der Waals surface area (Å²) in [5.41, 5.74) is 3.93. The molecule has 1 aromatic heterocycles. The lowest BCUT2D eigenvalue weighted by molar-refractivity contribution is 0.475. The predicted octanol–water partition coefficient (Wildman–Crippen LogP) is 3.07. The van der Waals surface area contributed by atoms with Crippen LogP contribution in [0.1, 0.15) is 11.1 Å². The monoisotopic (exact) mass is 199 g/mol. The fraction of sp³-hybridized carbons (Fsp3) is 0.154. The Balaban J connectivity index is 2.64. The van der Waals surface area contributed by atoms with Crippen LogP contribution in [0.3, 0.4) is 0 Å². The molecule has 0 unspecified atom stereocenters. The molecule has 0 aliphatic heterocycles. The van der Waals surface area contributed by atoms with Gasteiger partial charge in [-0.15, -0.1) is 0 Å². The summed E-state index contributed by atoms with van der Waals surface area (Å²) in [7, 11) is 0. The summed E-state index contributed by atoms with van der Waals surface area (Å²) in [6, 6.07) is 9.52. The SMILES string of the molecule is Cc1ccc(C)c(-c2ncccc2O)c1. The third kappa shape index (κ3) is 1.84. The second-order valence-corrected chi connectivity index (χ2v) is 3.69. The molecule has 15 heavy (non-hydrogen) atoms. The molecule has 0 radical (unpaired) electrons. The van der Waals surface area contributed by atoms with Gasteiger partial charge in [-0.1, -0.05) is 17.7 Å². The Morgan fingerprint density at radius 2 is 1.93 bits per heavy atom. The molecule has 2 nitrogen and oxygen atoms in total. The Hall–Kier alpha value is -1.83. The summed E-state index contributed by atoms with van der Waals surface area (Å²) in [4.78, 5) is 4.20. The van der Waals surface area contributed by atoms with E-state index in [0.29, 0.717) is 5.69 Å². The number of hydrogen-bond donors (Lipinski definition) is 1. The number of aromatic nitrogens is 1. The Bertz CT molecular complexity index is 492. The molecule has 2 heteroatoms. The van der Waals surface area contributed by atoms with Crippen molar-refractivity contribution in [3.05, 3.63) is 47.7 Å². The van der Waals surface area contributed by atoms with E-state index in [1.807, 2.05) is 26.0 Å². The second-order valence-electron chi connectivity index (χ2n) is 3.69. The number of aromatic hydroxyl groups is 1. The van der Waals surface area contributed by atoms with Crippen molar-refractivity contribution >= 4 is 0 Å². The van der Waals surface area contributed by atoms with E-state index in [0.717, 1.165) is 11.1 Å². The lowest BCUT2D eigenvalue weighted by Crippen LogP contribution is -1.88. The van der Waals surface area contributed by atoms with E-state index >= 15 is 0 Å². The van der Waals surface area contributed by atoms with Gasteiger partial charge in [0, 0.05) is 11.8 Å². The number of benzene rings is 1. The molecule has 0 atom stereocenters. The minimum absolute atomic E-state index is 0.228. The van der Waals surface area contributed by atoms with E-state index in [-0.39, 0.29) is 5.75 Å². The maximum absolute atomic E-state index is 9.72. The van der Waals surface area contributed by atoms with E-state index in [1.54, 1.807) is 18.3 Å². The minimum Gasteiger partial charge on any atom is -0.506 e. The lowest BCUT2D eigenvalue weighted by Gasteiger charge is -2.07. The molecule has 76 valence electrons. The molecule has 0 saturated carbocycles. The van der Waals surface area contributed by atoms with Crippen molar-refractivity contribution in [1.82, 2.24) is 4.98 Å². The molecule has 0 bridgehead atoms. The van der Waals surface area contributed by atoms with Crippen LogP contribution in [0.4, 0.5) is 0 Å². The third-order valence-corrected chi connectivity index (χ3v) is 2.43. The molecule has 0 saturated heterocycles. The topological polar surface area (TPSA) is 33.1 Å². The average molecular weight is 199 g/mol. The zero-order valence-corrected chi connectivity index (χ0v) is 8.86. The Morgan fingerprint density at radius 3 is 2.67 bits per heavy atom. The van der Waals surface area contributed by atoms with Crippen LogP contribution in [0.25, 0.3) is 11.3 Å². The minimum atomic E-state index is 0.228. The van der Waals surface area contributed by atoms with Crippen LogP contribution in [0.2, 0.25) is 0 Å². The molecule has 0 aliphatic carbocycles. The molecule has 1 heterocycles. The summed E-state index contributed by atoms with van der Waals surface area (Å²) in [5, 5.41) is 9.72. The van der Waals surface area contributed by atoms with Crippen molar-refractivity contribution < 1.29 is 5.11 Å². The van der Waals surface area contributed by atoms with Gasteiger partial charge in [0.15, 0.2) is 0 Å². The van der Waals surface area contributed by atoms with Gasteiger partial charge in [0.05, 0.1) is 0 Å². The summed E-state index contributed by atoms with van der Waals surface area (Å²) in [6.45, 7) is 4.05. The first-order valence-electron chi connectivity index (χ1n) is 4.90. The normalized spacial score (nSPS) is 10.3. The van der Waals surface area contributed by atoms with Gasteiger partial charge in [0.1, 0.15) is 11.4 Å². The predicted molar refractivity (Wildman–Crippen MR) is 60.8 cm³/mol. The standard InChI is InChI=1S/C13H13NO/c1-9-5-6-10(2)11(8-9)13-12(15)4-3-7-14-13/h3-8,15H,1-2H3. The smallest absolute Gasteiger partial charge is 0.141 e. The largest absolute Gasteiger partial charge is 0.506 e. The van der Waals surface area contributed by atoms with Crippen molar-refractivity contribution in [2.24, 2.45) is 0 Å².